The summed E-state index contributed by atoms with van der Waals surface area (Å²) in [5, 5.41) is 11.8. The van der Waals surface area contributed by atoms with E-state index in [0.29, 0.717) is 17.5 Å². The van der Waals surface area contributed by atoms with Crippen molar-refractivity contribution in [2.75, 3.05) is 0 Å². The zero-order chi connectivity index (χ0) is 34.9. The van der Waals surface area contributed by atoms with Gasteiger partial charge in [0.1, 0.15) is 11.2 Å². The molecule has 0 amide bonds. The molecule has 0 saturated heterocycles. The maximum Gasteiger partial charge on any atom is 0.164 e. The average molecular weight is 676 g/mol. The number of nitrogens with zero attached hydrogens (tertiary/aromatic N) is 3. The van der Waals surface area contributed by atoms with Crippen molar-refractivity contribution in [1.82, 2.24) is 15.0 Å². The Morgan fingerprint density at radius 3 is 1.58 bits per heavy atom. The van der Waals surface area contributed by atoms with Crippen LogP contribution >= 0.6 is 0 Å². The standard InChI is InChI=1S/C49H29N3O/c1-3-11-31(12-4-1)47-50-48(32-13-5-2-6-14-32)52-49(51-47)41-26-25-36(38-15-7-8-16-39(38)41)33-23-24-37-34(27-33)21-19-30-20-22-35-28-45-43(29-42(35)46(30)37)40-17-9-10-18-44(40)53-45/h1-29H. The van der Waals surface area contributed by atoms with Gasteiger partial charge < -0.3 is 4.42 Å². The van der Waals surface area contributed by atoms with Gasteiger partial charge in [-0.05, 0) is 84.5 Å². The van der Waals surface area contributed by atoms with Crippen LogP contribution < -0.4 is 0 Å². The monoisotopic (exact) mass is 675 g/mol. The Balaban J connectivity index is 1.08. The van der Waals surface area contributed by atoms with Crippen molar-refractivity contribution < 1.29 is 4.42 Å². The van der Waals surface area contributed by atoms with Crippen LogP contribution in [0.4, 0.5) is 0 Å². The van der Waals surface area contributed by atoms with Crippen LogP contribution in [0.1, 0.15) is 0 Å². The van der Waals surface area contributed by atoms with Gasteiger partial charge >= 0.3 is 0 Å². The van der Waals surface area contributed by atoms with Crippen LogP contribution in [0, 0.1) is 0 Å². The van der Waals surface area contributed by atoms with Crippen LogP contribution in [0.2, 0.25) is 0 Å². The molecular formula is C49H29N3O. The summed E-state index contributed by atoms with van der Waals surface area (Å²) in [6.07, 6.45) is 0. The highest BCUT2D eigenvalue weighted by Crippen LogP contribution is 2.40. The summed E-state index contributed by atoms with van der Waals surface area (Å²) in [5.41, 5.74) is 7.03. The molecule has 9 aromatic carbocycles. The van der Waals surface area contributed by atoms with Crippen molar-refractivity contribution in [3.05, 3.63) is 176 Å². The van der Waals surface area contributed by atoms with Gasteiger partial charge in [-0.15, -0.1) is 0 Å². The lowest BCUT2D eigenvalue weighted by molar-refractivity contribution is 0.669. The summed E-state index contributed by atoms with van der Waals surface area (Å²) in [6, 6.07) is 61.7. The Hall–Kier alpha value is -7.17. The molecule has 11 aromatic rings. The summed E-state index contributed by atoms with van der Waals surface area (Å²) < 4.78 is 6.24. The minimum atomic E-state index is 0.650. The van der Waals surface area contributed by atoms with Gasteiger partial charge in [0, 0.05) is 27.5 Å². The highest BCUT2D eigenvalue weighted by atomic mass is 16.3. The van der Waals surface area contributed by atoms with E-state index in [2.05, 4.69) is 103 Å². The topological polar surface area (TPSA) is 51.8 Å². The van der Waals surface area contributed by atoms with Crippen molar-refractivity contribution in [3.63, 3.8) is 0 Å². The fourth-order valence-electron chi connectivity index (χ4n) is 7.95. The van der Waals surface area contributed by atoms with Gasteiger partial charge in [-0.25, -0.2) is 15.0 Å². The number of furan rings is 1. The molecule has 4 nitrogen and oxygen atoms in total. The zero-order valence-corrected chi connectivity index (χ0v) is 28.5. The average Bonchev–Trinajstić information content (AvgIpc) is 3.60. The van der Waals surface area contributed by atoms with Gasteiger partial charge in [0.05, 0.1) is 0 Å². The quantitative estimate of drug-likeness (QED) is 0.174. The number of benzene rings is 9. The molecule has 0 aliphatic heterocycles. The molecule has 0 bridgehead atoms. The van der Waals surface area contributed by atoms with Crippen molar-refractivity contribution in [2.45, 2.75) is 0 Å². The number of fused-ring (bicyclic) bond motifs is 9. The second-order valence-electron chi connectivity index (χ2n) is 13.6. The van der Waals surface area contributed by atoms with Gasteiger partial charge in [0.2, 0.25) is 0 Å². The van der Waals surface area contributed by atoms with E-state index in [1.54, 1.807) is 0 Å². The van der Waals surface area contributed by atoms with Crippen LogP contribution in [0.3, 0.4) is 0 Å². The molecule has 246 valence electrons. The van der Waals surface area contributed by atoms with E-state index in [9.17, 15) is 0 Å². The molecule has 0 unspecified atom stereocenters. The second-order valence-corrected chi connectivity index (χ2v) is 13.6. The minimum Gasteiger partial charge on any atom is -0.456 e. The molecule has 0 spiro atoms. The van der Waals surface area contributed by atoms with E-state index in [0.717, 1.165) is 60.5 Å². The third kappa shape index (κ3) is 4.80. The summed E-state index contributed by atoms with van der Waals surface area (Å²) in [4.78, 5) is 15.0. The van der Waals surface area contributed by atoms with Crippen molar-refractivity contribution in [1.29, 1.82) is 0 Å². The number of rotatable bonds is 4. The van der Waals surface area contributed by atoms with E-state index in [-0.39, 0.29) is 0 Å². The fraction of sp³-hybridized carbons (Fsp3) is 0. The Kier molecular flexibility index (Phi) is 6.52. The van der Waals surface area contributed by atoms with Gasteiger partial charge in [-0.3, -0.25) is 0 Å². The van der Waals surface area contributed by atoms with Crippen LogP contribution in [0.25, 0.3) is 110 Å². The Morgan fingerprint density at radius 1 is 0.302 bits per heavy atom. The lowest BCUT2D eigenvalue weighted by atomic mass is 9.91. The van der Waals surface area contributed by atoms with Crippen molar-refractivity contribution in [2.24, 2.45) is 0 Å². The molecule has 2 aromatic heterocycles. The summed E-state index contributed by atoms with van der Waals surface area (Å²) in [5.74, 6) is 1.95. The van der Waals surface area contributed by atoms with Gasteiger partial charge in [-0.1, -0.05) is 146 Å². The van der Waals surface area contributed by atoms with Crippen LogP contribution in [-0.2, 0) is 0 Å². The van der Waals surface area contributed by atoms with Crippen LogP contribution in [0.15, 0.2) is 180 Å². The predicted octanol–water partition coefficient (Wildman–Crippen LogP) is 13.1. The summed E-state index contributed by atoms with van der Waals surface area (Å²) >= 11 is 0. The highest BCUT2D eigenvalue weighted by molar-refractivity contribution is 6.24. The van der Waals surface area contributed by atoms with Crippen molar-refractivity contribution >= 4 is 65.0 Å². The molecule has 4 heteroatoms. The van der Waals surface area contributed by atoms with E-state index >= 15 is 0 Å². The first-order valence-corrected chi connectivity index (χ1v) is 17.9. The lowest BCUT2D eigenvalue weighted by Crippen LogP contribution is -2.00. The van der Waals surface area contributed by atoms with E-state index in [4.69, 9.17) is 19.4 Å². The molecule has 0 saturated carbocycles. The summed E-state index contributed by atoms with van der Waals surface area (Å²) in [6.45, 7) is 0. The molecule has 11 rings (SSSR count). The van der Waals surface area contributed by atoms with Crippen LogP contribution in [0.5, 0.6) is 0 Å². The number of hydrogen-bond donors (Lipinski definition) is 0. The molecule has 0 N–H and O–H groups in total. The van der Waals surface area contributed by atoms with Crippen LogP contribution in [-0.4, -0.2) is 15.0 Å². The molecule has 53 heavy (non-hydrogen) atoms. The Morgan fingerprint density at radius 2 is 0.868 bits per heavy atom. The Bertz CT molecular complexity index is 3160. The molecule has 0 aliphatic rings. The largest absolute Gasteiger partial charge is 0.456 e. The fourth-order valence-corrected chi connectivity index (χ4v) is 7.95. The molecule has 0 atom stereocenters. The maximum atomic E-state index is 6.24. The normalized spacial score (nSPS) is 11.8. The number of para-hydroxylation sites is 1. The first kappa shape index (κ1) is 29.5. The Labute approximate surface area is 304 Å². The van der Waals surface area contributed by atoms with E-state index in [1.807, 2.05) is 72.8 Å². The number of hydrogen-bond acceptors (Lipinski definition) is 4. The molecule has 0 aliphatic carbocycles. The third-order valence-electron chi connectivity index (χ3n) is 10.5. The van der Waals surface area contributed by atoms with E-state index in [1.165, 1.54) is 32.3 Å². The molecule has 0 radical (unpaired) electrons. The van der Waals surface area contributed by atoms with E-state index < -0.39 is 0 Å². The minimum absolute atomic E-state index is 0.650. The first-order chi connectivity index (χ1) is 26.2. The van der Waals surface area contributed by atoms with Gasteiger partial charge in [-0.2, -0.15) is 0 Å². The first-order valence-electron chi connectivity index (χ1n) is 17.9. The molecule has 0 fully saturated rings. The smallest absolute Gasteiger partial charge is 0.164 e. The number of aromatic nitrogens is 3. The van der Waals surface area contributed by atoms with Gasteiger partial charge in [0.15, 0.2) is 17.5 Å². The lowest BCUT2D eigenvalue weighted by Gasteiger charge is -2.14. The maximum absolute atomic E-state index is 6.24. The molecular weight excluding hydrogens is 647 g/mol. The third-order valence-corrected chi connectivity index (χ3v) is 10.5. The van der Waals surface area contributed by atoms with Gasteiger partial charge in [0.25, 0.3) is 0 Å². The zero-order valence-electron chi connectivity index (χ0n) is 28.5. The van der Waals surface area contributed by atoms with Crippen molar-refractivity contribution in [3.8, 4) is 45.3 Å². The summed E-state index contributed by atoms with van der Waals surface area (Å²) in [7, 11) is 0. The highest BCUT2D eigenvalue weighted by Gasteiger charge is 2.17. The predicted molar refractivity (Wildman–Crippen MR) is 219 cm³/mol. The second kappa shape index (κ2) is 11.7. The molecule has 2 heterocycles. The SMILES string of the molecule is c1ccc(-c2nc(-c3ccccc3)nc(-c3ccc(-c4ccc5c(ccc6ccc7cc8oc9ccccc9c8cc7c65)c4)c4ccccc34)n2)cc1.